The fourth-order valence-electron chi connectivity index (χ4n) is 4.11. The van der Waals surface area contributed by atoms with Crippen molar-refractivity contribution in [2.24, 2.45) is 0 Å². The standard InChI is InChI=1S/C26H28ClF2N5O4S/c1-17(35)34-9-7-33(8-10-34)11-12-39(36,37)32-20-4-2-3-18(13-20)19-14-24(26(30)31-15-19)38-16-21-22(28)5-6-23(29)25(21)27/h2-6,13-15,32H,7-12,16H2,1H3,(H2,30,31). The van der Waals surface area contributed by atoms with E-state index < -0.39 is 21.7 Å². The summed E-state index contributed by atoms with van der Waals surface area (Å²) in [5.41, 5.74) is 7.32. The van der Waals surface area contributed by atoms with Crippen LogP contribution in [0.2, 0.25) is 5.02 Å². The summed E-state index contributed by atoms with van der Waals surface area (Å²) >= 11 is 5.87. The van der Waals surface area contributed by atoms with Crippen LogP contribution in [-0.4, -0.2) is 67.6 Å². The summed E-state index contributed by atoms with van der Waals surface area (Å²) in [7, 11) is -3.64. The summed E-state index contributed by atoms with van der Waals surface area (Å²) in [6, 6.07) is 10.2. The van der Waals surface area contributed by atoms with Crippen molar-refractivity contribution in [2.75, 3.05) is 48.9 Å². The summed E-state index contributed by atoms with van der Waals surface area (Å²) < 4.78 is 61.5. The molecule has 0 unspecified atom stereocenters. The summed E-state index contributed by atoms with van der Waals surface area (Å²) in [6.07, 6.45) is 1.49. The third kappa shape index (κ3) is 7.34. The summed E-state index contributed by atoms with van der Waals surface area (Å²) in [5.74, 6) is -1.41. The lowest BCUT2D eigenvalue weighted by Crippen LogP contribution is -2.49. The molecule has 0 radical (unpaired) electrons. The molecular formula is C26H28ClF2N5O4S. The van der Waals surface area contributed by atoms with Gasteiger partial charge in [0.15, 0.2) is 11.6 Å². The van der Waals surface area contributed by atoms with Gasteiger partial charge < -0.3 is 15.4 Å². The highest BCUT2D eigenvalue weighted by Crippen LogP contribution is 2.31. The van der Waals surface area contributed by atoms with Gasteiger partial charge in [0.2, 0.25) is 15.9 Å². The Bertz CT molecular complexity index is 1470. The van der Waals surface area contributed by atoms with Crippen LogP contribution in [0.1, 0.15) is 12.5 Å². The fourth-order valence-corrected chi connectivity index (χ4v) is 5.40. The maximum absolute atomic E-state index is 14.1. The molecule has 0 atom stereocenters. The normalized spacial score (nSPS) is 14.3. The summed E-state index contributed by atoms with van der Waals surface area (Å²) in [6.45, 7) is 3.90. The van der Waals surface area contributed by atoms with Gasteiger partial charge in [-0.15, -0.1) is 0 Å². The number of nitrogens with two attached hydrogens (primary N) is 1. The molecule has 1 saturated heterocycles. The van der Waals surface area contributed by atoms with Crippen LogP contribution in [0.25, 0.3) is 11.1 Å². The molecule has 3 N–H and O–H groups in total. The number of piperazine rings is 1. The van der Waals surface area contributed by atoms with E-state index in [0.29, 0.717) is 49.5 Å². The van der Waals surface area contributed by atoms with E-state index in [1.165, 1.54) is 13.1 Å². The molecule has 0 spiro atoms. The lowest BCUT2D eigenvalue weighted by molar-refractivity contribution is -0.130. The maximum Gasteiger partial charge on any atom is 0.233 e. The second-order valence-corrected chi connectivity index (χ2v) is 11.3. The largest absolute Gasteiger partial charge is 0.485 e. The number of rotatable bonds is 9. The number of nitrogens with zero attached hydrogens (tertiary/aromatic N) is 3. The smallest absolute Gasteiger partial charge is 0.233 e. The van der Waals surface area contributed by atoms with Crippen LogP contribution in [0.15, 0.2) is 48.7 Å². The van der Waals surface area contributed by atoms with Crippen molar-refractivity contribution < 1.29 is 26.7 Å². The molecule has 0 bridgehead atoms. The molecule has 1 fully saturated rings. The molecule has 9 nitrogen and oxygen atoms in total. The minimum Gasteiger partial charge on any atom is -0.485 e. The quantitative estimate of drug-likeness (QED) is 0.371. The van der Waals surface area contributed by atoms with Gasteiger partial charge in [-0.1, -0.05) is 23.7 Å². The van der Waals surface area contributed by atoms with Gasteiger partial charge in [0, 0.05) is 62.7 Å². The van der Waals surface area contributed by atoms with Crippen LogP contribution < -0.4 is 15.2 Å². The van der Waals surface area contributed by atoms with E-state index in [4.69, 9.17) is 22.1 Å². The number of nitrogen functional groups attached to an aromatic ring is 1. The van der Waals surface area contributed by atoms with Crippen LogP contribution in [-0.2, 0) is 21.4 Å². The predicted octanol–water partition coefficient (Wildman–Crippen LogP) is 3.75. The van der Waals surface area contributed by atoms with Crippen LogP contribution in [0, 0.1) is 11.6 Å². The molecule has 208 valence electrons. The molecule has 1 aliphatic rings. The van der Waals surface area contributed by atoms with Crippen molar-refractivity contribution in [3.8, 4) is 16.9 Å². The Morgan fingerprint density at radius 2 is 1.82 bits per heavy atom. The number of benzene rings is 2. The number of halogens is 3. The first-order valence-corrected chi connectivity index (χ1v) is 14.1. The Morgan fingerprint density at radius 1 is 1.10 bits per heavy atom. The minimum atomic E-state index is -3.64. The zero-order valence-corrected chi connectivity index (χ0v) is 22.7. The average molecular weight is 580 g/mol. The SMILES string of the molecule is CC(=O)N1CCN(CCS(=O)(=O)Nc2cccc(-c3cnc(N)c(OCc4c(F)ccc(F)c4Cl)c3)c2)CC1. The number of hydrogen-bond donors (Lipinski definition) is 2. The van der Waals surface area contributed by atoms with E-state index in [1.807, 2.05) is 4.90 Å². The highest BCUT2D eigenvalue weighted by molar-refractivity contribution is 7.92. The number of aromatic nitrogens is 1. The Morgan fingerprint density at radius 3 is 2.54 bits per heavy atom. The van der Waals surface area contributed by atoms with Crippen LogP contribution in [0.4, 0.5) is 20.3 Å². The molecule has 1 amide bonds. The predicted molar refractivity (Wildman–Crippen MR) is 146 cm³/mol. The van der Waals surface area contributed by atoms with Crippen LogP contribution >= 0.6 is 11.6 Å². The Hall–Kier alpha value is -3.48. The van der Waals surface area contributed by atoms with Crippen LogP contribution in [0.3, 0.4) is 0 Å². The van der Waals surface area contributed by atoms with E-state index in [1.54, 1.807) is 35.2 Å². The number of sulfonamides is 1. The molecule has 0 saturated carbocycles. The second-order valence-electron chi connectivity index (χ2n) is 9.07. The molecule has 39 heavy (non-hydrogen) atoms. The number of pyridine rings is 1. The van der Waals surface area contributed by atoms with Gasteiger partial charge in [-0.2, -0.15) is 0 Å². The summed E-state index contributed by atoms with van der Waals surface area (Å²) in [5, 5.41) is -0.379. The number of amides is 1. The van der Waals surface area contributed by atoms with Gasteiger partial charge >= 0.3 is 0 Å². The summed E-state index contributed by atoms with van der Waals surface area (Å²) in [4.78, 5) is 19.3. The second kappa shape index (κ2) is 12.1. The molecule has 3 aromatic rings. The van der Waals surface area contributed by atoms with Gasteiger partial charge in [-0.05, 0) is 35.9 Å². The minimum absolute atomic E-state index is 0.0173. The lowest BCUT2D eigenvalue weighted by atomic mass is 10.1. The first kappa shape index (κ1) is 28.5. The zero-order valence-electron chi connectivity index (χ0n) is 21.2. The van der Waals surface area contributed by atoms with E-state index >= 15 is 0 Å². The topological polar surface area (TPSA) is 118 Å². The molecule has 0 aliphatic carbocycles. The molecular weight excluding hydrogens is 552 g/mol. The number of hydrogen-bond acceptors (Lipinski definition) is 7. The first-order chi connectivity index (χ1) is 18.5. The molecule has 1 aliphatic heterocycles. The third-order valence-corrected chi connectivity index (χ3v) is 8.03. The maximum atomic E-state index is 14.1. The Kier molecular flexibility index (Phi) is 8.88. The van der Waals surface area contributed by atoms with Crippen molar-refractivity contribution in [1.82, 2.24) is 14.8 Å². The van der Waals surface area contributed by atoms with Gasteiger partial charge in [-0.3, -0.25) is 14.4 Å². The zero-order chi connectivity index (χ0) is 28.2. The van der Waals surface area contributed by atoms with Crippen molar-refractivity contribution in [2.45, 2.75) is 13.5 Å². The monoisotopic (exact) mass is 579 g/mol. The number of anilines is 2. The molecule has 2 aromatic carbocycles. The average Bonchev–Trinajstić information content (AvgIpc) is 2.91. The highest BCUT2D eigenvalue weighted by Gasteiger charge is 2.21. The first-order valence-electron chi connectivity index (χ1n) is 12.1. The van der Waals surface area contributed by atoms with Crippen molar-refractivity contribution in [3.63, 3.8) is 0 Å². The molecule has 13 heteroatoms. The number of nitrogens with one attached hydrogen (secondary N) is 1. The number of carbonyl (C=O) groups excluding carboxylic acids is 1. The van der Waals surface area contributed by atoms with Crippen molar-refractivity contribution in [3.05, 3.63) is 70.9 Å². The van der Waals surface area contributed by atoms with E-state index in [2.05, 4.69) is 9.71 Å². The van der Waals surface area contributed by atoms with E-state index in [0.717, 1.165) is 12.1 Å². The van der Waals surface area contributed by atoms with Gasteiger partial charge in [0.25, 0.3) is 0 Å². The van der Waals surface area contributed by atoms with E-state index in [-0.39, 0.29) is 40.4 Å². The van der Waals surface area contributed by atoms with Gasteiger partial charge in [-0.25, -0.2) is 22.2 Å². The Labute approximate surface area is 230 Å². The molecule has 4 rings (SSSR count). The van der Waals surface area contributed by atoms with Gasteiger partial charge in [0.05, 0.1) is 10.8 Å². The van der Waals surface area contributed by atoms with Crippen molar-refractivity contribution >= 4 is 39.0 Å². The molecule has 2 heterocycles. The number of ether oxygens (including phenoxy) is 1. The lowest BCUT2D eigenvalue weighted by Gasteiger charge is -2.34. The fraction of sp³-hybridized carbons (Fsp3) is 0.308. The van der Waals surface area contributed by atoms with Crippen molar-refractivity contribution in [1.29, 1.82) is 0 Å². The van der Waals surface area contributed by atoms with E-state index in [9.17, 15) is 22.0 Å². The third-order valence-electron chi connectivity index (χ3n) is 6.36. The Balaban J connectivity index is 1.41. The number of carbonyl (C=O) groups is 1. The highest BCUT2D eigenvalue weighted by atomic mass is 35.5. The molecule has 1 aromatic heterocycles. The van der Waals surface area contributed by atoms with Crippen LogP contribution in [0.5, 0.6) is 5.75 Å². The van der Waals surface area contributed by atoms with Gasteiger partial charge in [0.1, 0.15) is 18.2 Å².